The standard InChI is InChI=1S/C14H24N4O/c1-4-18(12-7-5-6-11(12)8-15)13-10(2)14(19-3)17-9-16-13/h9,11-12H,4-8,15H2,1-3H3. The summed E-state index contributed by atoms with van der Waals surface area (Å²) in [5, 5.41) is 0. The van der Waals surface area contributed by atoms with Gasteiger partial charge in [0.05, 0.1) is 12.7 Å². The quantitative estimate of drug-likeness (QED) is 0.877. The van der Waals surface area contributed by atoms with Crippen LogP contribution in [0.5, 0.6) is 5.88 Å². The van der Waals surface area contributed by atoms with E-state index >= 15 is 0 Å². The highest BCUT2D eigenvalue weighted by atomic mass is 16.5. The molecule has 5 nitrogen and oxygen atoms in total. The first-order valence-electron chi connectivity index (χ1n) is 7.05. The van der Waals surface area contributed by atoms with E-state index in [2.05, 4.69) is 21.8 Å². The molecule has 0 aromatic carbocycles. The molecule has 106 valence electrons. The van der Waals surface area contributed by atoms with Crippen molar-refractivity contribution < 1.29 is 4.74 Å². The van der Waals surface area contributed by atoms with Crippen molar-refractivity contribution in [1.82, 2.24) is 9.97 Å². The van der Waals surface area contributed by atoms with Crippen LogP contribution >= 0.6 is 0 Å². The van der Waals surface area contributed by atoms with Gasteiger partial charge in [-0.25, -0.2) is 9.97 Å². The second kappa shape index (κ2) is 6.19. The van der Waals surface area contributed by atoms with Gasteiger partial charge in [0, 0.05) is 12.6 Å². The van der Waals surface area contributed by atoms with Crippen molar-refractivity contribution in [3.05, 3.63) is 11.9 Å². The van der Waals surface area contributed by atoms with Gasteiger partial charge in [0.2, 0.25) is 5.88 Å². The van der Waals surface area contributed by atoms with E-state index in [9.17, 15) is 0 Å². The lowest BCUT2D eigenvalue weighted by atomic mass is 10.0. The van der Waals surface area contributed by atoms with Gasteiger partial charge >= 0.3 is 0 Å². The predicted octanol–water partition coefficient (Wildman–Crippen LogP) is 1.75. The minimum atomic E-state index is 0.494. The molecule has 2 rings (SSSR count). The van der Waals surface area contributed by atoms with Crippen LogP contribution in [0.3, 0.4) is 0 Å². The van der Waals surface area contributed by atoms with Crippen LogP contribution in [0.2, 0.25) is 0 Å². The third-order valence-electron chi connectivity index (χ3n) is 4.14. The number of rotatable bonds is 5. The zero-order valence-electron chi connectivity index (χ0n) is 12.1. The first-order chi connectivity index (χ1) is 9.22. The lowest BCUT2D eigenvalue weighted by molar-refractivity contribution is 0.392. The Labute approximate surface area is 115 Å². The van der Waals surface area contributed by atoms with E-state index in [1.807, 2.05) is 6.92 Å². The van der Waals surface area contributed by atoms with Crippen molar-refractivity contribution in [3.63, 3.8) is 0 Å². The second-order valence-electron chi connectivity index (χ2n) is 5.11. The topological polar surface area (TPSA) is 64.3 Å². The van der Waals surface area contributed by atoms with Crippen LogP contribution in [0.4, 0.5) is 5.82 Å². The predicted molar refractivity (Wildman–Crippen MR) is 76.5 cm³/mol. The highest BCUT2D eigenvalue weighted by Crippen LogP contribution is 2.34. The third-order valence-corrected chi connectivity index (χ3v) is 4.14. The van der Waals surface area contributed by atoms with E-state index in [0.717, 1.165) is 24.5 Å². The van der Waals surface area contributed by atoms with Crippen molar-refractivity contribution >= 4 is 5.82 Å². The van der Waals surface area contributed by atoms with E-state index in [1.165, 1.54) is 19.3 Å². The van der Waals surface area contributed by atoms with Gasteiger partial charge in [0.15, 0.2) is 0 Å². The van der Waals surface area contributed by atoms with Gasteiger partial charge in [-0.05, 0) is 39.2 Å². The monoisotopic (exact) mass is 264 g/mol. The molecule has 1 aromatic heterocycles. The molecular formula is C14H24N4O. The Morgan fingerprint density at radius 3 is 2.84 bits per heavy atom. The number of aromatic nitrogens is 2. The molecule has 1 saturated carbocycles. The maximum Gasteiger partial charge on any atom is 0.221 e. The maximum atomic E-state index is 5.90. The summed E-state index contributed by atoms with van der Waals surface area (Å²) in [5.41, 5.74) is 6.91. The first kappa shape index (κ1) is 14.1. The Kier molecular flexibility index (Phi) is 4.58. The summed E-state index contributed by atoms with van der Waals surface area (Å²) in [7, 11) is 1.65. The normalized spacial score (nSPS) is 22.5. The lowest BCUT2D eigenvalue weighted by Crippen LogP contribution is -2.41. The second-order valence-corrected chi connectivity index (χ2v) is 5.11. The van der Waals surface area contributed by atoms with Gasteiger partial charge in [-0.3, -0.25) is 0 Å². The molecule has 5 heteroatoms. The Bertz CT molecular complexity index is 424. The van der Waals surface area contributed by atoms with Crippen LogP contribution in [0.1, 0.15) is 31.7 Å². The molecule has 0 radical (unpaired) electrons. The summed E-state index contributed by atoms with van der Waals surface area (Å²) in [4.78, 5) is 11.0. The molecule has 1 fully saturated rings. The minimum Gasteiger partial charge on any atom is -0.481 e. The van der Waals surface area contributed by atoms with Crippen LogP contribution in [-0.2, 0) is 0 Å². The summed E-state index contributed by atoms with van der Waals surface area (Å²) >= 11 is 0. The molecule has 0 bridgehead atoms. The molecule has 1 aliphatic rings. The minimum absolute atomic E-state index is 0.494. The van der Waals surface area contributed by atoms with Crippen molar-refractivity contribution in [1.29, 1.82) is 0 Å². The Balaban J connectivity index is 2.31. The molecule has 0 amide bonds. The molecule has 0 aliphatic heterocycles. The van der Waals surface area contributed by atoms with E-state index < -0.39 is 0 Å². The maximum absolute atomic E-state index is 5.90. The van der Waals surface area contributed by atoms with Crippen molar-refractivity contribution in [2.75, 3.05) is 25.1 Å². The Morgan fingerprint density at radius 1 is 1.42 bits per heavy atom. The fraction of sp³-hybridized carbons (Fsp3) is 0.714. The van der Waals surface area contributed by atoms with Gasteiger partial charge < -0.3 is 15.4 Å². The van der Waals surface area contributed by atoms with Gasteiger partial charge in [0.1, 0.15) is 12.1 Å². The van der Waals surface area contributed by atoms with Gasteiger partial charge in [-0.1, -0.05) is 6.42 Å². The smallest absolute Gasteiger partial charge is 0.221 e. The lowest BCUT2D eigenvalue weighted by Gasteiger charge is -2.33. The van der Waals surface area contributed by atoms with Crippen molar-refractivity contribution in [2.24, 2.45) is 11.7 Å². The van der Waals surface area contributed by atoms with Crippen molar-refractivity contribution in [2.45, 2.75) is 39.2 Å². The highest BCUT2D eigenvalue weighted by Gasteiger charge is 2.32. The molecule has 19 heavy (non-hydrogen) atoms. The van der Waals surface area contributed by atoms with Crippen LogP contribution in [0.15, 0.2) is 6.33 Å². The highest BCUT2D eigenvalue weighted by molar-refractivity contribution is 5.51. The number of hydrogen-bond acceptors (Lipinski definition) is 5. The zero-order valence-corrected chi connectivity index (χ0v) is 12.1. The summed E-state index contributed by atoms with van der Waals surface area (Å²) < 4.78 is 5.29. The fourth-order valence-corrected chi connectivity index (χ4v) is 3.16. The summed E-state index contributed by atoms with van der Waals surface area (Å²) in [5.74, 6) is 2.21. The molecule has 0 spiro atoms. The fourth-order valence-electron chi connectivity index (χ4n) is 3.16. The number of ether oxygens (including phenoxy) is 1. The van der Waals surface area contributed by atoms with Gasteiger partial charge in [-0.15, -0.1) is 0 Å². The van der Waals surface area contributed by atoms with Crippen LogP contribution in [0, 0.1) is 12.8 Å². The number of nitrogens with zero attached hydrogens (tertiary/aromatic N) is 3. The summed E-state index contributed by atoms with van der Waals surface area (Å²) in [6, 6.07) is 0.494. The summed E-state index contributed by atoms with van der Waals surface area (Å²) in [6.07, 6.45) is 5.25. The van der Waals surface area contributed by atoms with E-state index in [4.69, 9.17) is 10.5 Å². The summed E-state index contributed by atoms with van der Waals surface area (Å²) in [6.45, 7) is 5.87. The van der Waals surface area contributed by atoms with Crippen LogP contribution in [-0.4, -0.2) is 36.2 Å². The van der Waals surface area contributed by atoms with E-state index in [-0.39, 0.29) is 0 Å². The first-order valence-corrected chi connectivity index (χ1v) is 7.05. The molecule has 1 aromatic rings. The molecule has 2 atom stereocenters. The van der Waals surface area contributed by atoms with E-state index in [0.29, 0.717) is 17.8 Å². The Morgan fingerprint density at radius 2 is 2.21 bits per heavy atom. The molecular weight excluding hydrogens is 240 g/mol. The largest absolute Gasteiger partial charge is 0.481 e. The average molecular weight is 264 g/mol. The molecule has 2 unspecified atom stereocenters. The van der Waals surface area contributed by atoms with Gasteiger partial charge in [-0.2, -0.15) is 0 Å². The zero-order chi connectivity index (χ0) is 13.8. The molecule has 0 saturated heterocycles. The number of methoxy groups -OCH3 is 1. The number of nitrogens with two attached hydrogens (primary N) is 1. The van der Waals surface area contributed by atoms with Gasteiger partial charge in [0.25, 0.3) is 0 Å². The average Bonchev–Trinajstić information content (AvgIpc) is 2.90. The van der Waals surface area contributed by atoms with Crippen molar-refractivity contribution in [3.8, 4) is 5.88 Å². The Hall–Kier alpha value is -1.36. The van der Waals surface area contributed by atoms with Crippen LogP contribution in [0.25, 0.3) is 0 Å². The molecule has 2 N–H and O–H groups in total. The molecule has 1 aliphatic carbocycles. The SMILES string of the molecule is CCN(c1ncnc(OC)c1C)C1CCCC1CN. The van der Waals surface area contributed by atoms with Crippen LogP contribution < -0.4 is 15.4 Å². The van der Waals surface area contributed by atoms with E-state index in [1.54, 1.807) is 13.4 Å². The molecule has 1 heterocycles. The third kappa shape index (κ3) is 2.66. The number of anilines is 1. The number of hydrogen-bond donors (Lipinski definition) is 1.